The van der Waals surface area contributed by atoms with Crippen molar-refractivity contribution in [2.45, 2.75) is 19.4 Å². The van der Waals surface area contributed by atoms with Gasteiger partial charge in [-0.3, -0.25) is 19.4 Å². The third kappa shape index (κ3) is 5.25. The van der Waals surface area contributed by atoms with Gasteiger partial charge in [0.1, 0.15) is 23.4 Å². The summed E-state index contributed by atoms with van der Waals surface area (Å²) >= 11 is 1.40. The molecule has 1 amide bonds. The molecule has 0 saturated carbocycles. The number of rotatable bonds is 5. The molecule has 0 aromatic heterocycles. The van der Waals surface area contributed by atoms with E-state index in [1.165, 1.54) is 32.8 Å². The molecule has 1 heterocycles. The van der Waals surface area contributed by atoms with Crippen molar-refractivity contribution in [3.8, 4) is 17.6 Å². The number of phenolic OH excluding ortho intramolecular Hbond substituents is 1. The molecule has 0 aliphatic carbocycles. The molecule has 0 spiro atoms. The highest BCUT2D eigenvalue weighted by Gasteiger charge is 2.29. The third-order valence-corrected chi connectivity index (χ3v) is 4.59. The second kappa shape index (κ2) is 9.27. The average Bonchev–Trinajstić information content (AvgIpc) is 3.11. The number of amides is 1. The molecule has 1 N–H and O–H groups in total. The number of phenols is 1. The lowest BCUT2D eigenvalue weighted by Crippen LogP contribution is -2.34. The van der Waals surface area contributed by atoms with E-state index in [0.717, 1.165) is 5.06 Å². The fraction of sp³-hybridized carbons (Fsp3) is 0.389. The number of aromatic hydroxyl groups is 1. The van der Waals surface area contributed by atoms with Gasteiger partial charge >= 0.3 is 5.97 Å². The minimum Gasteiger partial charge on any atom is -0.507 e. The Labute approximate surface area is 156 Å². The SMILES string of the molecule is CON(C)C(=O)C1CSC(c2cc(C#CCCOC(C)=O)ccc2O)=N1. The molecule has 1 unspecified atom stereocenters. The Kier molecular flexibility index (Phi) is 7.06. The van der Waals surface area contributed by atoms with E-state index >= 15 is 0 Å². The van der Waals surface area contributed by atoms with Gasteiger partial charge in [-0.15, -0.1) is 11.8 Å². The van der Waals surface area contributed by atoms with Crippen LogP contribution in [0.2, 0.25) is 0 Å². The van der Waals surface area contributed by atoms with E-state index in [9.17, 15) is 14.7 Å². The Morgan fingerprint density at radius 3 is 2.92 bits per heavy atom. The number of likely N-dealkylation sites (N-methyl/N-ethyl adjacent to an activating group) is 1. The molecule has 1 aliphatic heterocycles. The van der Waals surface area contributed by atoms with Gasteiger partial charge in [-0.05, 0) is 18.2 Å². The van der Waals surface area contributed by atoms with Crippen molar-refractivity contribution < 1.29 is 24.3 Å². The minimum atomic E-state index is -0.544. The highest BCUT2D eigenvalue weighted by molar-refractivity contribution is 8.14. The van der Waals surface area contributed by atoms with Gasteiger partial charge in [0.15, 0.2) is 0 Å². The van der Waals surface area contributed by atoms with E-state index in [0.29, 0.717) is 28.3 Å². The highest BCUT2D eigenvalue weighted by atomic mass is 32.2. The van der Waals surface area contributed by atoms with Crippen LogP contribution in [0.3, 0.4) is 0 Å². The summed E-state index contributed by atoms with van der Waals surface area (Å²) in [6.07, 6.45) is 0.422. The maximum absolute atomic E-state index is 12.1. The first-order valence-corrected chi connectivity index (χ1v) is 8.89. The Morgan fingerprint density at radius 1 is 1.46 bits per heavy atom. The zero-order valence-corrected chi connectivity index (χ0v) is 15.6. The minimum absolute atomic E-state index is 0.0786. The van der Waals surface area contributed by atoms with Crippen molar-refractivity contribution in [2.75, 3.05) is 26.5 Å². The quantitative estimate of drug-likeness (QED) is 0.363. The van der Waals surface area contributed by atoms with Crippen LogP contribution < -0.4 is 0 Å². The van der Waals surface area contributed by atoms with Crippen molar-refractivity contribution in [1.82, 2.24) is 5.06 Å². The zero-order valence-electron chi connectivity index (χ0n) is 14.8. The molecular weight excluding hydrogens is 356 g/mol. The predicted molar refractivity (Wildman–Crippen MR) is 98.8 cm³/mol. The van der Waals surface area contributed by atoms with Crippen molar-refractivity contribution >= 4 is 28.7 Å². The van der Waals surface area contributed by atoms with E-state index in [1.54, 1.807) is 18.2 Å². The molecule has 1 aromatic rings. The van der Waals surface area contributed by atoms with E-state index in [-0.39, 0.29) is 24.2 Å². The number of aliphatic imine (C=N–C) groups is 1. The normalized spacial score (nSPS) is 15.7. The summed E-state index contributed by atoms with van der Waals surface area (Å²) in [7, 11) is 2.95. The predicted octanol–water partition coefficient (Wildman–Crippen LogP) is 1.58. The Balaban J connectivity index is 2.11. The first kappa shape index (κ1) is 19.8. The van der Waals surface area contributed by atoms with E-state index < -0.39 is 6.04 Å². The van der Waals surface area contributed by atoms with E-state index in [1.807, 2.05) is 0 Å². The van der Waals surface area contributed by atoms with Crippen LogP contribution in [0, 0.1) is 11.8 Å². The summed E-state index contributed by atoms with van der Waals surface area (Å²) < 4.78 is 4.82. The third-order valence-electron chi connectivity index (χ3n) is 3.51. The van der Waals surface area contributed by atoms with Gasteiger partial charge in [0, 0.05) is 37.3 Å². The Morgan fingerprint density at radius 2 is 2.23 bits per heavy atom. The van der Waals surface area contributed by atoms with Crippen LogP contribution in [0.1, 0.15) is 24.5 Å². The number of esters is 1. The van der Waals surface area contributed by atoms with Crippen LogP contribution >= 0.6 is 11.8 Å². The topological polar surface area (TPSA) is 88.4 Å². The fourth-order valence-electron chi connectivity index (χ4n) is 2.14. The van der Waals surface area contributed by atoms with E-state index in [4.69, 9.17) is 9.57 Å². The van der Waals surface area contributed by atoms with Gasteiger partial charge in [-0.25, -0.2) is 5.06 Å². The summed E-state index contributed by atoms with van der Waals surface area (Å²) in [5.74, 6) is 5.86. The average molecular weight is 376 g/mol. The molecule has 138 valence electrons. The number of thioether (sulfide) groups is 1. The van der Waals surface area contributed by atoms with Crippen LogP contribution in [0.15, 0.2) is 23.2 Å². The molecule has 0 fully saturated rings. The van der Waals surface area contributed by atoms with Crippen molar-refractivity contribution in [3.63, 3.8) is 0 Å². The molecule has 1 aliphatic rings. The molecule has 0 saturated heterocycles. The van der Waals surface area contributed by atoms with E-state index in [2.05, 4.69) is 16.8 Å². The number of hydrogen-bond acceptors (Lipinski definition) is 7. The van der Waals surface area contributed by atoms with Crippen LogP contribution in [0.25, 0.3) is 0 Å². The molecule has 1 aromatic carbocycles. The summed E-state index contributed by atoms with van der Waals surface area (Å²) in [5, 5.41) is 11.9. The smallest absolute Gasteiger partial charge is 0.302 e. The standard InChI is InChI=1S/C18H20N2O5S/c1-12(21)25-9-5-4-6-13-7-8-16(22)14(10-13)17-19-15(11-26-17)18(23)20(2)24-3/h7-8,10,15,22H,5,9,11H2,1-3H3. The summed E-state index contributed by atoms with van der Waals surface area (Å²) in [5.41, 5.74) is 1.24. The lowest BCUT2D eigenvalue weighted by Gasteiger charge is -2.15. The Bertz CT molecular complexity index is 782. The number of hydroxylamine groups is 2. The highest BCUT2D eigenvalue weighted by Crippen LogP contribution is 2.30. The van der Waals surface area contributed by atoms with Crippen LogP contribution in [0.5, 0.6) is 5.75 Å². The van der Waals surface area contributed by atoms with Crippen LogP contribution in [-0.2, 0) is 19.2 Å². The second-order valence-electron chi connectivity index (χ2n) is 5.40. The maximum atomic E-state index is 12.1. The summed E-state index contributed by atoms with van der Waals surface area (Å²) in [6, 6.07) is 4.43. The summed E-state index contributed by atoms with van der Waals surface area (Å²) in [4.78, 5) is 32.1. The van der Waals surface area contributed by atoms with Gasteiger partial charge in [0.2, 0.25) is 0 Å². The maximum Gasteiger partial charge on any atom is 0.302 e. The van der Waals surface area contributed by atoms with Gasteiger partial charge in [-0.1, -0.05) is 11.8 Å². The number of benzene rings is 1. The first-order valence-electron chi connectivity index (χ1n) is 7.90. The number of ether oxygens (including phenoxy) is 1. The molecular formula is C18H20N2O5S. The molecule has 0 bridgehead atoms. The lowest BCUT2D eigenvalue weighted by molar-refractivity contribution is -0.169. The number of nitrogens with zero attached hydrogens (tertiary/aromatic N) is 2. The molecule has 1 atom stereocenters. The number of carbonyl (C=O) groups is 2. The molecule has 26 heavy (non-hydrogen) atoms. The molecule has 7 nitrogen and oxygen atoms in total. The van der Waals surface area contributed by atoms with Gasteiger partial charge < -0.3 is 9.84 Å². The molecule has 2 rings (SSSR count). The van der Waals surface area contributed by atoms with Crippen molar-refractivity contribution in [2.24, 2.45) is 4.99 Å². The largest absolute Gasteiger partial charge is 0.507 e. The molecule has 0 radical (unpaired) electrons. The van der Waals surface area contributed by atoms with Gasteiger partial charge in [-0.2, -0.15) is 0 Å². The lowest BCUT2D eigenvalue weighted by atomic mass is 10.1. The van der Waals surface area contributed by atoms with Crippen molar-refractivity contribution in [3.05, 3.63) is 29.3 Å². The molecule has 8 heteroatoms. The van der Waals surface area contributed by atoms with Gasteiger partial charge in [0.05, 0.1) is 7.11 Å². The zero-order chi connectivity index (χ0) is 19.1. The summed E-state index contributed by atoms with van der Waals surface area (Å²) in [6.45, 7) is 1.59. The van der Waals surface area contributed by atoms with Crippen molar-refractivity contribution in [1.29, 1.82) is 0 Å². The monoisotopic (exact) mass is 376 g/mol. The van der Waals surface area contributed by atoms with Crippen LogP contribution in [0.4, 0.5) is 0 Å². The van der Waals surface area contributed by atoms with Crippen LogP contribution in [-0.4, -0.2) is 59.6 Å². The fourth-order valence-corrected chi connectivity index (χ4v) is 3.20. The number of carbonyl (C=O) groups excluding carboxylic acids is 2. The number of hydrogen-bond donors (Lipinski definition) is 1. The first-order chi connectivity index (χ1) is 12.4. The second-order valence-corrected chi connectivity index (χ2v) is 6.41. The Hall–Kier alpha value is -2.50. The van der Waals surface area contributed by atoms with Gasteiger partial charge in [0.25, 0.3) is 5.91 Å².